The summed E-state index contributed by atoms with van der Waals surface area (Å²) in [4.78, 5) is 16.2. The standard InChI is InChI=1S/C22H19NO6/c1-25-17-11-15(12-18-22(17)27-10-9-26-18)7-8-21(24)28-14-20-23-13-19(29-20)16-5-3-2-4-6-16/h2-8,11-13H,9-10,14H2,1H3/b8-7+. The fraction of sp³-hybridized carbons (Fsp3) is 0.182. The number of carbonyl (C=O) groups excluding carboxylic acids is 1. The molecule has 0 aliphatic carbocycles. The van der Waals surface area contributed by atoms with Gasteiger partial charge in [-0.3, -0.25) is 0 Å². The molecule has 0 bridgehead atoms. The lowest BCUT2D eigenvalue weighted by molar-refractivity contribution is -0.139. The Kier molecular flexibility index (Phi) is 5.47. The Labute approximate surface area is 167 Å². The number of nitrogens with zero attached hydrogens (tertiary/aromatic N) is 1. The van der Waals surface area contributed by atoms with Gasteiger partial charge in [0.2, 0.25) is 11.6 Å². The summed E-state index contributed by atoms with van der Waals surface area (Å²) in [5.41, 5.74) is 1.63. The number of methoxy groups -OCH3 is 1. The minimum Gasteiger partial charge on any atom is -0.493 e. The highest BCUT2D eigenvalue weighted by molar-refractivity contribution is 5.87. The Balaban J connectivity index is 1.38. The van der Waals surface area contributed by atoms with Crippen molar-refractivity contribution in [3.63, 3.8) is 0 Å². The van der Waals surface area contributed by atoms with Crippen LogP contribution in [-0.2, 0) is 16.1 Å². The number of aromatic nitrogens is 1. The fourth-order valence-electron chi connectivity index (χ4n) is 2.85. The fourth-order valence-corrected chi connectivity index (χ4v) is 2.85. The van der Waals surface area contributed by atoms with Crippen molar-refractivity contribution in [2.24, 2.45) is 0 Å². The third kappa shape index (κ3) is 4.40. The van der Waals surface area contributed by atoms with Crippen LogP contribution in [0.3, 0.4) is 0 Å². The highest BCUT2D eigenvalue weighted by atomic mass is 16.6. The second-order valence-corrected chi connectivity index (χ2v) is 6.17. The van der Waals surface area contributed by atoms with Crippen molar-refractivity contribution < 1.29 is 28.2 Å². The predicted octanol–water partition coefficient (Wildman–Crippen LogP) is 3.88. The molecule has 3 aromatic rings. The van der Waals surface area contributed by atoms with E-state index in [0.29, 0.717) is 42.1 Å². The van der Waals surface area contributed by atoms with Gasteiger partial charge in [0.05, 0.1) is 13.3 Å². The molecule has 0 spiro atoms. The highest BCUT2D eigenvalue weighted by Crippen LogP contribution is 2.40. The second kappa shape index (κ2) is 8.52. The number of esters is 1. The smallest absolute Gasteiger partial charge is 0.331 e. The number of ether oxygens (including phenoxy) is 4. The molecule has 0 unspecified atom stereocenters. The molecular formula is C22H19NO6. The van der Waals surface area contributed by atoms with Crippen LogP contribution < -0.4 is 14.2 Å². The Morgan fingerprint density at radius 2 is 2.00 bits per heavy atom. The number of hydrogen-bond donors (Lipinski definition) is 0. The predicted molar refractivity (Wildman–Crippen MR) is 105 cm³/mol. The number of carbonyl (C=O) groups is 1. The van der Waals surface area contributed by atoms with Crippen LogP contribution in [0.2, 0.25) is 0 Å². The Morgan fingerprint density at radius 3 is 2.83 bits per heavy atom. The van der Waals surface area contributed by atoms with Gasteiger partial charge in [0.1, 0.15) is 13.2 Å². The monoisotopic (exact) mass is 393 g/mol. The van der Waals surface area contributed by atoms with Crippen molar-refractivity contribution in [2.45, 2.75) is 6.61 Å². The first-order valence-corrected chi connectivity index (χ1v) is 9.05. The van der Waals surface area contributed by atoms with Crippen LogP contribution >= 0.6 is 0 Å². The SMILES string of the molecule is COc1cc(/C=C/C(=O)OCc2ncc(-c3ccccc3)o2)cc2c1OCCO2. The second-order valence-electron chi connectivity index (χ2n) is 6.17. The molecule has 0 amide bonds. The summed E-state index contributed by atoms with van der Waals surface area (Å²) < 4.78 is 27.3. The lowest BCUT2D eigenvalue weighted by Gasteiger charge is -2.20. The Bertz CT molecular complexity index is 1010. The number of benzene rings is 2. The quantitative estimate of drug-likeness (QED) is 0.464. The van der Waals surface area contributed by atoms with Crippen LogP contribution in [0.4, 0.5) is 0 Å². The molecule has 29 heavy (non-hydrogen) atoms. The third-order valence-electron chi connectivity index (χ3n) is 4.21. The van der Waals surface area contributed by atoms with Crippen molar-refractivity contribution in [3.8, 4) is 28.6 Å². The molecule has 0 saturated carbocycles. The van der Waals surface area contributed by atoms with E-state index in [1.54, 1.807) is 31.5 Å². The van der Waals surface area contributed by atoms with E-state index in [9.17, 15) is 4.79 Å². The molecular weight excluding hydrogens is 374 g/mol. The normalized spacial score (nSPS) is 12.7. The molecule has 1 aromatic heterocycles. The Hall–Kier alpha value is -3.74. The maximum atomic E-state index is 12.0. The van der Waals surface area contributed by atoms with Crippen molar-refractivity contribution in [2.75, 3.05) is 20.3 Å². The number of fused-ring (bicyclic) bond motifs is 1. The van der Waals surface area contributed by atoms with Crippen LogP contribution in [-0.4, -0.2) is 31.3 Å². The van der Waals surface area contributed by atoms with Gasteiger partial charge in [-0.15, -0.1) is 0 Å². The molecule has 1 aliphatic heterocycles. The maximum absolute atomic E-state index is 12.0. The minimum absolute atomic E-state index is 0.0551. The number of rotatable bonds is 6. The van der Waals surface area contributed by atoms with E-state index >= 15 is 0 Å². The van der Waals surface area contributed by atoms with E-state index in [-0.39, 0.29) is 6.61 Å². The van der Waals surface area contributed by atoms with Crippen molar-refractivity contribution in [1.29, 1.82) is 0 Å². The first-order valence-electron chi connectivity index (χ1n) is 9.05. The zero-order chi connectivity index (χ0) is 20.1. The average Bonchev–Trinajstić information content (AvgIpc) is 3.25. The largest absolute Gasteiger partial charge is 0.493 e. The van der Waals surface area contributed by atoms with Gasteiger partial charge in [-0.05, 0) is 23.8 Å². The summed E-state index contributed by atoms with van der Waals surface area (Å²) in [6.07, 6.45) is 4.55. The lowest BCUT2D eigenvalue weighted by Crippen LogP contribution is -2.16. The molecule has 148 valence electrons. The van der Waals surface area contributed by atoms with E-state index in [2.05, 4.69) is 4.98 Å². The molecule has 7 nitrogen and oxygen atoms in total. The average molecular weight is 393 g/mol. The van der Waals surface area contributed by atoms with Gasteiger partial charge < -0.3 is 23.4 Å². The number of oxazole rings is 1. The van der Waals surface area contributed by atoms with Crippen LogP contribution in [0.15, 0.2) is 59.2 Å². The summed E-state index contributed by atoms with van der Waals surface area (Å²) in [6.45, 7) is 0.880. The number of hydrogen-bond acceptors (Lipinski definition) is 7. The zero-order valence-corrected chi connectivity index (χ0v) is 15.8. The molecule has 7 heteroatoms. The summed E-state index contributed by atoms with van der Waals surface area (Å²) in [5, 5.41) is 0. The topological polar surface area (TPSA) is 80.0 Å². The van der Waals surface area contributed by atoms with Crippen LogP contribution in [0, 0.1) is 0 Å². The molecule has 2 aromatic carbocycles. The van der Waals surface area contributed by atoms with E-state index in [1.807, 2.05) is 30.3 Å². The summed E-state index contributed by atoms with van der Waals surface area (Å²) in [6, 6.07) is 13.1. The van der Waals surface area contributed by atoms with Crippen LogP contribution in [0.5, 0.6) is 17.2 Å². The van der Waals surface area contributed by atoms with Crippen LogP contribution in [0.1, 0.15) is 11.5 Å². The molecule has 1 aliphatic rings. The maximum Gasteiger partial charge on any atom is 0.331 e. The van der Waals surface area contributed by atoms with E-state index < -0.39 is 5.97 Å². The molecule has 0 saturated heterocycles. The van der Waals surface area contributed by atoms with Crippen molar-refractivity contribution in [1.82, 2.24) is 4.98 Å². The van der Waals surface area contributed by atoms with Gasteiger partial charge in [0.25, 0.3) is 0 Å². The van der Waals surface area contributed by atoms with E-state index in [1.165, 1.54) is 6.08 Å². The first kappa shape index (κ1) is 18.6. The van der Waals surface area contributed by atoms with E-state index in [0.717, 1.165) is 11.1 Å². The van der Waals surface area contributed by atoms with Gasteiger partial charge in [-0.1, -0.05) is 30.3 Å². The van der Waals surface area contributed by atoms with Gasteiger partial charge in [0, 0.05) is 11.6 Å². The van der Waals surface area contributed by atoms with Gasteiger partial charge in [-0.2, -0.15) is 0 Å². The molecule has 0 N–H and O–H groups in total. The lowest BCUT2D eigenvalue weighted by atomic mass is 10.1. The molecule has 2 heterocycles. The molecule has 0 atom stereocenters. The highest BCUT2D eigenvalue weighted by Gasteiger charge is 2.18. The summed E-state index contributed by atoms with van der Waals surface area (Å²) >= 11 is 0. The zero-order valence-electron chi connectivity index (χ0n) is 15.8. The first-order chi connectivity index (χ1) is 14.2. The van der Waals surface area contributed by atoms with Crippen molar-refractivity contribution in [3.05, 3.63) is 66.2 Å². The van der Waals surface area contributed by atoms with Gasteiger partial charge in [-0.25, -0.2) is 9.78 Å². The third-order valence-corrected chi connectivity index (χ3v) is 4.21. The van der Waals surface area contributed by atoms with Gasteiger partial charge in [0.15, 0.2) is 23.9 Å². The Morgan fingerprint density at radius 1 is 1.17 bits per heavy atom. The summed E-state index contributed by atoms with van der Waals surface area (Å²) in [5.74, 6) is 2.12. The minimum atomic E-state index is -0.515. The molecule has 0 radical (unpaired) electrons. The van der Waals surface area contributed by atoms with Crippen LogP contribution in [0.25, 0.3) is 17.4 Å². The molecule has 4 rings (SSSR count). The summed E-state index contributed by atoms with van der Waals surface area (Å²) in [7, 11) is 1.55. The molecule has 0 fully saturated rings. The van der Waals surface area contributed by atoms with Gasteiger partial charge >= 0.3 is 5.97 Å². The van der Waals surface area contributed by atoms with E-state index in [4.69, 9.17) is 23.4 Å². The van der Waals surface area contributed by atoms with Crippen molar-refractivity contribution >= 4 is 12.0 Å².